The zero-order chi connectivity index (χ0) is 19.5. The van der Waals surface area contributed by atoms with Gasteiger partial charge in [0.1, 0.15) is 11.6 Å². The third-order valence-electron chi connectivity index (χ3n) is 3.60. The zero-order valence-corrected chi connectivity index (χ0v) is 15.1. The third kappa shape index (κ3) is 4.75. The minimum absolute atomic E-state index is 0.0270. The van der Waals surface area contributed by atoms with Crippen molar-refractivity contribution in [1.29, 1.82) is 0 Å². The van der Waals surface area contributed by atoms with E-state index in [0.29, 0.717) is 16.5 Å². The van der Waals surface area contributed by atoms with E-state index in [1.165, 1.54) is 7.11 Å². The Morgan fingerprint density at radius 1 is 1.27 bits per heavy atom. The Morgan fingerprint density at radius 3 is 2.54 bits per heavy atom. The normalized spacial score (nSPS) is 12.5. The highest BCUT2D eigenvalue weighted by molar-refractivity contribution is 5.96. The highest BCUT2D eigenvalue weighted by Gasteiger charge is 2.25. The SMILES string of the molecule is COC(=O)c1ccc2[nH]cc(CC(NC(=O)OC(C)(C)C)C(=O)O)c2c1. The van der Waals surface area contributed by atoms with Crippen LogP contribution in [0.1, 0.15) is 36.7 Å². The second-order valence-electron chi connectivity index (χ2n) is 6.81. The van der Waals surface area contributed by atoms with Crippen molar-refractivity contribution in [2.75, 3.05) is 7.11 Å². The van der Waals surface area contributed by atoms with Crippen molar-refractivity contribution >= 4 is 28.9 Å². The van der Waals surface area contributed by atoms with Gasteiger partial charge in [-0.2, -0.15) is 0 Å². The fourth-order valence-electron chi connectivity index (χ4n) is 2.46. The quantitative estimate of drug-likeness (QED) is 0.703. The van der Waals surface area contributed by atoms with Gasteiger partial charge in [-0.3, -0.25) is 0 Å². The lowest BCUT2D eigenvalue weighted by Crippen LogP contribution is -2.44. The maximum Gasteiger partial charge on any atom is 0.408 e. The van der Waals surface area contributed by atoms with E-state index in [1.807, 2.05) is 0 Å². The number of carboxylic acids is 1. The summed E-state index contributed by atoms with van der Waals surface area (Å²) in [6.07, 6.45) is 0.873. The van der Waals surface area contributed by atoms with Crippen LogP contribution in [0.4, 0.5) is 4.79 Å². The van der Waals surface area contributed by atoms with Crippen LogP contribution in [0.5, 0.6) is 0 Å². The van der Waals surface area contributed by atoms with Crippen molar-refractivity contribution in [3.8, 4) is 0 Å². The first-order chi connectivity index (χ1) is 12.1. The second kappa shape index (κ2) is 7.47. The second-order valence-corrected chi connectivity index (χ2v) is 6.81. The molecule has 140 valence electrons. The number of H-pyrrole nitrogens is 1. The summed E-state index contributed by atoms with van der Waals surface area (Å²) in [6.45, 7) is 5.07. The Bertz CT molecular complexity index is 834. The summed E-state index contributed by atoms with van der Waals surface area (Å²) >= 11 is 0. The highest BCUT2D eigenvalue weighted by atomic mass is 16.6. The summed E-state index contributed by atoms with van der Waals surface area (Å²) in [7, 11) is 1.29. The fraction of sp³-hybridized carbons (Fsp3) is 0.389. The molecule has 0 aliphatic carbocycles. The third-order valence-corrected chi connectivity index (χ3v) is 3.60. The Labute approximate surface area is 150 Å². The molecule has 1 aromatic carbocycles. The standard InChI is InChI=1S/C18H22N2O6/c1-18(2,3)26-17(24)20-14(15(21)22)8-11-9-19-13-6-5-10(7-12(11)13)16(23)25-4/h5-7,9,14,19H,8H2,1-4H3,(H,20,24)(H,21,22). The molecule has 0 fully saturated rings. The molecule has 0 aliphatic heterocycles. The molecule has 0 saturated carbocycles. The molecule has 1 aromatic heterocycles. The number of amides is 1. The molecular formula is C18H22N2O6. The number of methoxy groups -OCH3 is 1. The lowest BCUT2D eigenvalue weighted by molar-refractivity contribution is -0.139. The number of rotatable bonds is 5. The van der Waals surface area contributed by atoms with E-state index >= 15 is 0 Å². The van der Waals surface area contributed by atoms with E-state index in [4.69, 9.17) is 9.47 Å². The first kappa shape index (κ1) is 19.3. The molecule has 26 heavy (non-hydrogen) atoms. The molecule has 0 bridgehead atoms. The van der Waals surface area contributed by atoms with Crippen molar-refractivity contribution in [2.24, 2.45) is 0 Å². The number of ether oxygens (including phenoxy) is 2. The molecule has 2 aromatic rings. The summed E-state index contributed by atoms with van der Waals surface area (Å²) in [6, 6.07) is 3.77. The summed E-state index contributed by atoms with van der Waals surface area (Å²) in [5, 5.41) is 12.5. The number of hydrogen-bond donors (Lipinski definition) is 3. The molecule has 3 N–H and O–H groups in total. The lowest BCUT2D eigenvalue weighted by Gasteiger charge is -2.22. The van der Waals surface area contributed by atoms with Gasteiger partial charge >= 0.3 is 18.0 Å². The van der Waals surface area contributed by atoms with Gasteiger partial charge in [0, 0.05) is 23.5 Å². The van der Waals surface area contributed by atoms with Gasteiger partial charge in [0.15, 0.2) is 0 Å². The van der Waals surface area contributed by atoms with Gasteiger partial charge < -0.3 is 24.9 Å². The Balaban J connectivity index is 2.24. The number of aromatic nitrogens is 1. The van der Waals surface area contributed by atoms with Gasteiger partial charge in [-0.15, -0.1) is 0 Å². The van der Waals surface area contributed by atoms with Crippen LogP contribution in [-0.2, 0) is 20.7 Å². The van der Waals surface area contributed by atoms with E-state index in [9.17, 15) is 19.5 Å². The first-order valence-corrected chi connectivity index (χ1v) is 8.01. The fourth-order valence-corrected chi connectivity index (χ4v) is 2.46. The maximum atomic E-state index is 11.9. The molecule has 1 atom stereocenters. The Hall–Kier alpha value is -3.03. The van der Waals surface area contributed by atoms with Gasteiger partial charge in [-0.05, 0) is 44.5 Å². The van der Waals surface area contributed by atoms with Crippen LogP contribution in [0.3, 0.4) is 0 Å². The van der Waals surface area contributed by atoms with Crippen molar-refractivity contribution in [2.45, 2.75) is 38.8 Å². The minimum atomic E-state index is -1.19. The lowest BCUT2D eigenvalue weighted by atomic mass is 10.0. The topological polar surface area (TPSA) is 118 Å². The number of fused-ring (bicyclic) bond motifs is 1. The summed E-state index contributed by atoms with van der Waals surface area (Å²) in [5.41, 5.74) is 1.01. The minimum Gasteiger partial charge on any atom is -0.480 e. The van der Waals surface area contributed by atoms with E-state index in [1.54, 1.807) is 45.2 Å². The van der Waals surface area contributed by atoms with Crippen molar-refractivity contribution in [3.63, 3.8) is 0 Å². The molecule has 1 heterocycles. The number of hydrogen-bond acceptors (Lipinski definition) is 5. The molecule has 0 radical (unpaired) electrons. The van der Waals surface area contributed by atoms with Crippen LogP contribution < -0.4 is 5.32 Å². The van der Waals surface area contributed by atoms with Crippen LogP contribution >= 0.6 is 0 Å². The van der Waals surface area contributed by atoms with Crippen LogP contribution in [0.25, 0.3) is 10.9 Å². The average molecular weight is 362 g/mol. The van der Waals surface area contributed by atoms with Crippen LogP contribution in [0.15, 0.2) is 24.4 Å². The number of aliphatic carboxylic acids is 1. The smallest absolute Gasteiger partial charge is 0.408 e. The number of nitrogens with one attached hydrogen (secondary N) is 2. The molecule has 1 amide bonds. The number of carboxylic acid groups (broad SMARTS) is 1. The number of benzene rings is 1. The molecular weight excluding hydrogens is 340 g/mol. The van der Waals surface area contributed by atoms with Gasteiger partial charge in [-0.25, -0.2) is 14.4 Å². The zero-order valence-electron chi connectivity index (χ0n) is 15.1. The van der Waals surface area contributed by atoms with Crippen molar-refractivity contribution < 1.29 is 29.0 Å². The average Bonchev–Trinajstić information content (AvgIpc) is 2.93. The van der Waals surface area contributed by atoms with Gasteiger partial charge in [-0.1, -0.05) is 0 Å². The first-order valence-electron chi connectivity index (χ1n) is 8.01. The largest absolute Gasteiger partial charge is 0.480 e. The number of carbonyl (C=O) groups excluding carboxylic acids is 2. The van der Waals surface area contributed by atoms with Crippen LogP contribution in [0, 0.1) is 0 Å². The maximum absolute atomic E-state index is 11.9. The predicted octanol–water partition coefficient (Wildman–Crippen LogP) is 2.47. The monoisotopic (exact) mass is 362 g/mol. The van der Waals surface area contributed by atoms with Crippen LogP contribution in [-0.4, -0.2) is 46.9 Å². The van der Waals surface area contributed by atoms with E-state index in [0.717, 1.165) is 5.52 Å². The number of alkyl carbamates (subject to hydrolysis) is 1. The van der Waals surface area contributed by atoms with E-state index < -0.39 is 29.7 Å². The van der Waals surface area contributed by atoms with Gasteiger partial charge in [0.05, 0.1) is 12.7 Å². The number of esters is 1. The summed E-state index contributed by atoms with van der Waals surface area (Å²) in [5.74, 6) is -1.67. The van der Waals surface area contributed by atoms with E-state index in [-0.39, 0.29) is 6.42 Å². The Morgan fingerprint density at radius 2 is 1.96 bits per heavy atom. The summed E-state index contributed by atoms with van der Waals surface area (Å²) < 4.78 is 9.81. The molecule has 0 aliphatic rings. The number of carbonyl (C=O) groups is 3. The highest BCUT2D eigenvalue weighted by Crippen LogP contribution is 2.22. The van der Waals surface area contributed by atoms with Crippen molar-refractivity contribution in [1.82, 2.24) is 10.3 Å². The molecule has 0 spiro atoms. The number of aromatic amines is 1. The molecule has 0 saturated heterocycles. The molecule has 8 nitrogen and oxygen atoms in total. The van der Waals surface area contributed by atoms with Crippen molar-refractivity contribution in [3.05, 3.63) is 35.5 Å². The molecule has 2 rings (SSSR count). The molecule has 1 unspecified atom stereocenters. The summed E-state index contributed by atoms with van der Waals surface area (Å²) in [4.78, 5) is 38.1. The molecule has 8 heteroatoms. The predicted molar refractivity (Wildman–Crippen MR) is 94.1 cm³/mol. The van der Waals surface area contributed by atoms with E-state index in [2.05, 4.69) is 10.3 Å². The van der Waals surface area contributed by atoms with Crippen LogP contribution in [0.2, 0.25) is 0 Å². The van der Waals surface area contributed by atoms with Gasteiger partial charge in [0.25, 0.3) is 0 Å². The Kier molecular flexibility index (Phi) is 5.54. The van der Waals surface area contributed by atoms with Gasteiger partial charge in [0.2, 0.25) is 0 Å².